The van der Waals surface area contributed by atoms with E-state index in [0.29, 0.717) is 5.92 Å². The van der Waals surface area contributed by atoms with Crippen molar-refractivity contribution in [2.24, 2.45) is 5.73 Å². The van der Waals surface area contributed by atoms with Gasteiger partial charge in [-0.15, -0.1) is 0 Å². The van der Waals surface area contributed by atoms with Crippen molar-refractivity contribution in [3.8, 4) is 0 Å². The monoisotopic (exact) mass is 252 g/mol. The minimum atomic E-state index is 0.219. The normalized spacial score (nSPS) is 19.1. The maximum atomic E-state index is 6.40. The molecule has 0 saturated carbocycles. The summed E-state index contributed by atoms with van der Waals surface area (Å²) < 4.78 is 0. The fourth-order valence-electron chi connectivity index (χ4n) is 3.04. The van der Waals surface area contributed by atoms with Crippen molar-refractivity contribution in [1.82, 2.24) is 4.98 Å². The summed E-state index contributed by atoms with van der Waals surface area (Å²) in [5, 5.41) is 0. The zero-order valence-corrected chi connectivity index (χ0v) is 11.1. The molecule has 1 heterocycles. The van der Waals surface area contributed by atoms with Gasteiger partial charge in [-0.2, -0.15) is 0 Å². The molecule has 98 valence electrons. The van der Waals surface area contributed by atoms with E-state index >= 15 is 0 Å². The molecular weight excluding hydrogens is 232 g/mol. The van der Waals surface area contributed by atoms with Gasteiger partial charge in [0.25, 0.3) is 0 Å². The quantitative estimate of drug-likeness (QED) is 0.908. The average Bonchev–Trinajstić information content (AvgIpc) is 2.90. The molecule has 0 spiro atoms. The molecule has 3 rings (SSSR count). The highest BCUT2D eigenvalue weighted by atomic mass is 14.7. The van der Waals surface area contributed by atoms with E-state index in [9.17, 15) is 0 Å². The smallest absolute Gasteiger partial charge is 0.0482 e. The number of pyridine rings is 1. The summed E-state index contributed by atoms with van der Waals surface area (Å²) in [4.78, 5) is 4.54. The number of aryl methyl sites for hydroxylation is 2. The Labute approximate surface area is 114 Å². The highest BCUT2D eigenvalue weighted by Gasteiger charge is 2.28. The van der Waals surface area contributed by atoms with Crippen LogP contribution in [0.2, 0.25) is 0 Å². The van der Waals surface area contributed by atoms with E-state index in [1.807, 2.05) is 12.3 Å². The van der Waals surface area contributed by atoms with Gasteiger partial charge in [0.05, 0.1) is 0 Å². The molecule has 0 fully saturated rings. The third-order valence-corrected chi connectivity index (χ3v) is 4.13. The van der Waals surface area contributed by atoms with Crippen LogP contribution >= 0.6 is 0 Å². The lowest BCUT2D eigenvalue weighted by Crippen LogP contribution is -2.28. The molecule has 0 saturated heterocycles. The first-order chi connectivity index (χ1) is 9.34. The second kappa shape index (κ2) is 5.54. The Kier molecular flexibility index (Phi) is 3.60. The topological polar surface area (TPSA) is 38.9 Å². The predicted molar refractivity (Wildman–Crippen MR) is 78.0 cm³/mol. The minimum Gasteiger partial charge on any atom is -0.327 e. The largest absolute Gasteiger partial charge is 0.327 e. The maximum Gasteiger partial charge on any atom is 0.0482 e. The molecule has 2 N–H and O–H groups in total. The van der Waals surface area contributed by atoms with Crippen molar-refractivity contribution in [3.63, 3.8) is 0 Å². The lowest BCUT2D eigenvalue weighted by molar-refractivity contribution is 0.490. The predicted octanol–water partition coefficient (Wildman–Crippen LogP) is 3.07. The van der Waals surface area contributed by atoms with Crippen LogP contribution in [0.25, 0.3) is 0 Å². The van der Waals surface area contributed by atoms with Crippen LogP contribution in [-0.2, 0) is 12.8 Å². The third kappa shape index (κ3) is 2.69. The van der Waals surface area contributed by atoms with Gasteiger partial charge >= 0.3 is 0 Å². The van der Waals surface area contributed by atoms with Crippen LogP contribution in [0.3, 0.4) is 0 Å². The van der Waals surface area contributed by atoms with Crippen LogP contribution in [0.5, 0.6) is 0 Å². The van der Waals surface area contributed by atoms with E-state index in [0.717, 1.165) is 25.7 Å². The zero-order valence-electron chi connectivity index (χ0n) is 11.1. The Morgan fingerprint density at radius 2 is 2.00 bits per heavy atom. The molecule has 1 aliphatic carbocycles. The molecule has 2 nitrogen and oxygen atoms in total. The van der Waals surface area contributed by atoms with E-state index in [1.54, 1.807) is 0 Å². The van der Waals surface area contributed by atoms with Gasteiger partial charge in [0.2, 0.25) is 0 Å². The van der Waals surface area contributed by atoms with E-state index in [1.165, 1.54) is 16.8 Å². The highest BCUT2D eigenvalue weighted by Crippen LogP contribution is 2.34. The first kappa shape index (κ1) is 12.4. The van der Waals surface area contributed by atoms with Gasteiger partial charge in [-0.05, 0) is 42.9 Å². The molecule has 19 heavy (non-hydrogen) atoms. The summed E-state index contributed by atoms with van der Waals surface area (Å²) in [6.45, 7) is 0. The molecule has 2 unspecified atom stereocenters. The Morgan fingerprint density at radius 3 is 2.84 bits per heavy atom. The average molecular weight is 252 g/mol. The lowest BCUT2D eigenvalue weighted by atomic mass is 9.92. The van der Waals surface area contributed by atoms with E-state index in [2.05, 4.69) is 41.4 Å². The number of hydrogen-bond acceptors (Lipinski definition) is 2. The first-order valence-corrected chi connectivity index (χ1v) is 7.08. The second-order valence-electron chi connectivity index (χ2n) is 5.38. The Bertz CT molecular complexity index is 536. The summed E-state index contributed by atoms with van der Waals surface area (Å²) in [7, 11) is 0. The number of benzene rings is 1. The van der Waals surface area contributed by atoms with Gasteiger partial charge in [-0.1, -0.05) is 36.4 Å². The molecule has 0 amide bonds. The summed E-state index contributed by atoms with van der Waals surface area (Å²) >= 11 is 0. The van der Waals surface area contributed by atoms with Crippen LogP contribution in [-0.4, -0.2) is 11.0 Å². The summed E-state index contributed by atoms with van der Waals surface area (Å²) in [6, 6.07) is 15.0. The van der Waals surface area contributed by atoms with E-state index in [4.69, 9.17) is 5.73 Å². The zero-order chi connectivity index (χ0) is 13.1. The Morgan fingerprint density at radius 1 is 1.16 bits per heavy atom. The molecule has 0 radical (unpaired) electrons. The van der Waals surface area contributed by atoms with Crippen LogP contribution in [0.1, 0.15) is 35.6 Å². The SMILES string of the molecule is NC(CCc1ccccc1)C1CCc2cccnc21. The summed E-state index contributed by atoms with van der Waals surface area (Å²) in [6.07, 6.45) is 6.27. The number of hydrogen-bond donors (Lipinski definition) is 1. The third-order valence-electron chi connectivity index (χ3n) is 4.13. The minimum absolute atomic E-state index is 0.219. The van der Waals surface area contributed by atoms with Crippen molar-refractivity contribution >= 4 is 0 Å². The van der Waals surface area contributed by atoms with E-state index < -0.39 is 0 Å². The molecule has 2 atom stereocenters. The molecule has 2 aromatic rings. The number of nitrogens with zero attached hydrogens (tertiary/aromatic N) is 1. The number of nitrogens with two attached hydrogens (primary N) is 1. The summed E-state index contributed by atoms with van der Waals surface area (Å²) in [5.41, 5.74) is 10.4. The maximum absolute atomic E-state index is 6.40. The Balaban J connectivity index is 1.64. The fraction of sp³-hybridized carbons (Fsp3) is 0.353. The highest BCUT2D eigenvalue weighted by molar-refractivity contribution is 5.30. The Hall–Kier alpha value is -1.67. The van der Waals surface area contributed by atoms with Gasteiger partial charge in [0, 0.05) is 23.9 Å². The molecule has 0 aliphatic heterocycles. The molecule has 0 bridgehead atoms. The van der Waals surface area contributed by atoms with E-state index in [-0.39, 0.29) is 6.04 Å². The van der Waals surface area contributed by atoms with Crippen LogP contribution in [0.4, 0.5) is 0 Å². The fourth-order valence-corrected chi connectivity index (χ4v) is 3.04. The van der Waals surface area contributed by atoms with Gasteiger partial charge in [-0.3, -0.25) is 4.98 Å². The van der Waals surface area contributed by atoms with Crippen molar-refractivity contribution in [2.45, 2.75) is 37.6 Å². The summed E-state index contributed by atoms with van der Waals surface area (Å²) in [5.74, 6) is 0.444. The second-order valence-corrected chi connectivity index (χ2v) is 5.38. The first-order valence-electron chi connectivity index (χ1n) is 7.08. The number of fused-ring (bicyclic) bond motifs is 1. The van der Waals surface area contributed by atoms with Gasteiger partial charge in [0.15, 0.2) is 0 Å². The van der Waals surface area contributed by atoms with Crippen LogP contribution in [0.15, 0.2) is 48.7 Å². The molecule has 1 aromatic heterocycles. The number of rotatable bonds is 4. The molecule has 2 heteroatoms. The van der Waals surface area contributed by atoms with Crippen molar-refractivity contribution < 1.29 is 0 Å². The van der Waals surface area contributed by atoms with Gasteiger partial charge < -0.3 is 5.73 Å². The van der Waals surface area contributed by atoms with Crippen LogP contribution in [0, 0.1) is 0 Å². The van der Waals surface area contributed by atoms with Crippen molar-refractivity contribution in [3.05, 3.63) is 65.5 Å². The molecule has 1 aliphatic rings. The van der Waals surface area contributed by atoms with Gasteiger partial charge in [0.1, 0.15) is 0 Å². The van der Waals surface area contributed by atoms with Crippen molar-refractivity contribution in [1.29, 1.82) is 0 Å². The van der Waals surface area contributed by atoms with Gasteiger partial charge in [-0.25, -0.2) is 0 Å². The molecular formula is C17H20N2. The number of aromatic nitrogens is 1. The molecule has 1 aromatic carbocycles. The van der Waals surface area contributed by atoms with Crippen molar-refractivity contribution in [2.75, 3.05) is 0 Å². The lowest BCUT2D eigenvalue weighted by Gasteiger charge is -2.19. The standard InChI is InChI=1S/C17H20N2/c18-16(11-8-13-5-2-1-3-6-13)15-10-9-14-7-4-12-19-17(14)15/h1-7,12,15-16H,8-11,18H2. The van der Waals surface area contributed by atoms with Crippen LogP contribution < -0.4 is 5.73 Å².